The number of carbonyl (C=O) groups is 3. The van der Waals surface area contributed by atoms with E-state index >= 15 is 0 Å². The van der Waals surface area contributed by atoms with Crippen molar-refractivity contribution in [1.29, 1.82) is 0 Å². The lowest BCUT2D eigenvalue weighted by Crippen LogP contribution is -2.36. The molecule has 1 N–H and O–H groups in total. The van der Waals surface area contributed by atoms with Crippen LogP contribution in [0.3, 0.4) is 0 Å². The molecule has 1 aliphatic heterocycles. The molecule has 3 aromatic rings. The highest BCUT2D eigenvalue weighted by Gasteiger charge is 2.36. The van der Waals surface area contributed by atoms with Crippen LogP contribution >= 0.6 is 27.7 Å². The van der Waals surface area contributed by atoms with Gasteiger partial charge in [-0.05, 0) is 91.3 Å². The summed E-state index contributed by atoms with van der Waals surface area (Å²) in [6.45, 7) is 4.28. The Morgan fingerprint density at radius 1 is 1.00 bits per heavy atom. The quantitative estimate of drug-likeness (QED) is 0.238. The van der Waals surface area contributed by atoms with Gasteiger partial charge in [-0.15, -0.1) is 0 Å². The molecule has 11 heteroatoms. The van der Waals surface area contributed by atoms with E-state index < -0.39 is 23.6 Å². The maximum absolute atomic E-state index is 13.5. The highest BCUT2D eigenvalue weighted by Crippen LogP contribution is 2.38. The molecule has 3 amide bonds. The van der Waals surface area contributed by atoms with Crippen LogP contribution in [0.5, 0.6) is 17.2 Å². The van der Waals surface area contributed by atoms with Gasteiger partial charge in [-0.25, -0.2) is 4.39 Å². The Balaban J connectivity index is 1.46. The molecule has 1 saturated heterocycles. The summed E-state index contributed by atoms with van der Waals surface area (Å²) in [6, 6.07) is 16.3. The van der Waals surface area contributed by atoms with Crippen molar-refractivity contribution in [3.05, 3.63) is 87.0 Å². The van der Waals surface area contributed by atoms with Gasteiger partial charge in [-0.3, -0.25) is 19.3 Å². The van der Waals surface area contributed by atoms with Gasteiger partial charge in [0.05, 0.1) is 18.1 Å². The molecule has 8 nitrogen and oxygen atoms in total. The molecule has 1 aliphatic rings. The van der Waals surface area contributed by atoms with Crippen molar-refractivity contribution in [2.75, 3.05) is 25.1 Å². The Labute approximate surface area is 243 Å². The molecule has 0 bridgehead atoms. The predicted molar refractivity (Wildman–Crippen MR) is 155 cm³/mol. The first-order valence-electron chi connectivity index (χ1n) is 12.4. The van der Waals surface area contributed by atoms with Gasteiger partial charge in [0.2, 0.25) is 5.91 Å². The van der Waals surface area contributed by atoms with Gasteiger partial charge < -0.3 is 19.5 Å². The van der Waals surface area contributed by atoms with Gasteiger partial charge in [-0.2, -0.15) is 0 Å². The van der Waals surface area contributed by atoms with Crippen molar-refractivity contribution in [3.63, 3.8) is 0 Å². The molecule has 1 heterocycles. The number of nitrogens with one attached hydrogen (secondary N) is 1. The standard InChI is InChI=1S/C29H26BrFN2O6S/c1-3-37-22-10-8-21(9-11-22)32-27(34)16-33-28(35)26(40-29(33)36)14-19-13-24(38-4-2)25(15-23(19)30)39-17-18-6-5-7-20(31)12-18/h5-15H,3-4,16-17H2,1-2H3,(H,32,34)/b26-14+. The molecule has 0 aliphatic carbocycles. The van der Waals surface area contributed by atoms with Crippen LogP contribution < -0.4 is 19.5 Å². The summed E-state index contributed by atoms with van der Waals surface area (Å²) in [5.41, 5.74) is 1.75. The lowest BCUT2D eigenvalue weighted by molar-refractivity contribution is -0.127. The minimum absolute atomic E-state index is 0.126. The highest BCUT2D eigenvalue weighted by molar-refractivity contribution is 9.10. The third kappa shape index (κ3) is 7.42. The minimum Gasteiger partial charge on any atom is -0.494 e. The summed E-state index contributed by atoms with van der Waals surface area (Å²) in [6.07, 6.45) is 1.55. The van der Waals surface area contributed by atoms with Gasteiger partial charge >= 0.3 is 0 Å². The van der Waals surface area contributed by atoms with E-state index in [9.17, 15) is 18.8 Å². The van der Waals surface area contributed by atoms with Crippen LogP contribution in [0.1, 0.15) is 25.0 Å². The van der Waals surface area contributed by atoms with Crippen molar-refractivity contribution >= 4 is 56.5 Å². The topological polar surface area (TPSA) is 94.2 Å². The molecule has 0 saturated carbocycles. The zero-order valence-electron chi connectivity index (χ0n) is 21.7. The normalized spacial score (nSPS) is 14.0. The number of ether oxygens (including phenoxy) is 3. The first-order valence-corrected chi connectivity index (χ1v) is 14.0. The Hall–Kier alpha value is -3.83. The Kier molecular flexibility index (Phi) is 9.84. The number of thioether (sulfide) groups is 1. The summed E-state index contributed by atoms with van der Waals surface area (Å²) in [4.78, 5) is 39.2. The lowest BCUT2D eigenvalue weighted by Gasteiger charge is -2.14. The summed E-state index contributed by atoms with van der Waals surface area (Å²) in [5, 5.41) is 2.13. The fourth-order valence-corrected chi connectivity index (χ4v) is 5.02. The van der Waals surface area contributed by atoms with E-state index in [4.69, 9.17) is 14.2 Å². The van der Waals surface area contributed by atoms with Crippen LogP contribution in [-0.4, -0.2) is 41.7 Å². The van der Waals surface area contributed by atoms with Crippen molar-refractivity contribution in [3.8, 4) is 17.2 Å². The van der Waals surface area contributed by atoms with E-state index in [0.29, 0.717) is 51.7 Å². The summed E-state index contributed by atoms with van der Waals surface area (Å²) in [5.74, 6) is 0.0728. The molecule has 3 aromatic carbocycles. The number of hydrogen-bond acceptors (Lipinski definition) is 7. The van der Waals surface area contributed by atoms with E-state index in [1.54, 1.807) is 54.6 Å². The maximum Gasteiger partial charge on any atom is 0.294 e. The maximum atomic E-state index is 13.5. The molecule has 0 spiro atoms. The monoisotopic (exact) mass is 628 g/mol. The largest absolute Gasteiger partial charge is 0.494 e. The van der Waals surface area contributed by atoms with Crippen molar-refractivity contribution in [2.24, 2.45) is 0 Å². The number of anilines is 1. The number of halogens is 2. The van der Waals surface area contributed by atoms with Crippen LogP contribution in [-0.2, 0) is 16.2 Å². The summed E-state index contributed by atoms with van der Waals surface area (Å²) < 4.78 is 31.1. The van der Waals surface area contributed by atoms with Crippen LogP contribution in [0.2, 0.25) is 0 Å². The molecule has 40 heavy (non-hydrogen) atoms. The van der Waals surface area contributed by atoms with E-state index in [1.807, 2.05) is 13.8 Å². The van der Waals surface area contributed by atoms with E-state index in [-0.39, 0.29) is 17.3 Å². The molecule has 4 rings (SSSR count). The average Bonchev–Trinajstić information content (AvgIpc) is 3.18. The fourth-order valence-electron chi connectivity index (χ4n) is 3.75. The van der Waals surface area contributed by atoms with Crippen molar-refractivity contribution in [1.82, 2.24) is 4.90 Å². The molecule has 208 valence electrons. The molecule has 0 radical (unpaired) electrons. The zero-order valence-corrected chi connectivity index (χ0v) is 24.1. The van der Waals surface area contributed by atoms with Crippen LogP contribution in [0.25, 0.3) is 6.08 Å². The third-order valence-electron chi connectivity index (χ3n) is 5.56. The Morgan fingerprint density at radius 3 is 2.42 bits per heavy atom. The van der Waals surface area contributed by atoms with Crippen LogP contribution in [0.4, 0.5) is 14.9 Å². The van der Waals surface area contributed by atoms with E-state index in [2.05, 4.69) is 21.2 Å². The number of amides is 3. The number of rotatable bonds is 11. The Bertz CT molecular complexity index is 1450. The number of imide groups is 1. The van der Waals surface area contributed by atoms with E-state index in [0.717, 1.165) is 16.7 Å². The van der Waals surface area contributed by atoms with Gasteiger partial charge in [-0.1, -0.05) is 28.1 Å². The first kappa shape index (κ1) is 29.2. The number of hydrogen-bond donors (Lipinski definition) is 1. The third-order valence-corrected chi connectivity index (χ3v) is 7.15. The molecular formula is C29H26BrFN2O6S. The van der Waals surface area contributed by atoms with Gasteiger partial charge in [0.25, 0.3) is 11.1 Å². The van der Waals surface area contributed by atoms with Gasteiger partial charge in [0, 0.05) is 10.2 Å². The zero-order chi connectivity index (χ0) is 28.6. The summed E-state index contributed by atoms with van der Waals surface area (Å²) >= 11 is 4.23. The SMILES string of the molecule is CCOc1ccc(NC(=O)CN2C(=O)S/C(=C/c3cc(OCC)c(OCc4cccc(F)c4)cc3Br)C2=O)cc1. The molecule has 1 fully saturated rings. The molecule has 0 unspecified atom stereocenters. The second-order valence-electron chi connectivity index (χ2n) is 8.45. The van der Waals surface area contributed by atoms with Crippen LogP contribution in [0, 0.1) is 5.82 Å². The predicted octanol–water partition coefficient (Wildman–Crippen LogP) is 6.64. The highest BCUT2D eigenvalue weighted by atomic mass is 79.9. The van der Waals surface area contributed by atoms with E-state index in [1.165, 1.54) is 12.1 Å². The minimum atomic E-state index is -0.576. The van der Waals surface area contributed by atoms with Gasteiger partial charge in [0.15, 0.2) is 11.5 Å². The second kappa shape index (κ2) is 13.5. The van der Waals surface area contributed by atoms with Crippen molar-refractivity contribution < 1.29 is 33.0 Å². The summed E-state index contributed by atoms with van der Waals surface area (Å²) in [7, 11) is 0. The van der Waals surface area contributed by atoms with Gasteiger partial charge in [0.1, 0.15) is 24.7 Å². The number of carbonyl (C=O) groups excluding carboxylic acids is 3. The molecular weight excluding hydrogens is 603 g/mol. The first-order chi connectivity index (χ1) is 19.3. The second-order valence-corrected chi connectivity index (χ2v) is 10.3. The number of benzene rings is 3. The van der Waals surface area contributed by atoms with Crippen molar-refractivity contribution in [2.45, 2.75) is 20.5 Å². The average molecular weight is 630 g/mol. The Morgan fingerprint density at radius 2 is 1.73 bits per heavy atom. The fraction of sp³-hybridized carbons (Fsp3) is 0.207. The molecule has 0 atom stereocenters. The lowest BCUT2D eigenvalue weighted by atomic mass is 10.1. The number of nitrogens with zero attached hydrogens (tertiary/aromatic N) is 1. The smallest absolute Gasteiger partial charge is 0.294 e. The molecule has 0 aromatic heterocycles. The van der Waals surface area contributed by atoms with Crippen LogP contribution in [0.15, 0.2) is 70.0 Å².